The van der Waals surface area contributed by atoms with E-state index < -0.39 is 28.5 Å². The maximum Gasteiger partial charge on any atom is 0.422 e. The average molecular weight is 296 g/mol. The van der Waals surface area contributed by atoms with Crippen LogP contribution in [0.3, 0.4) is 0 Å². The number of morpholine rings is 1. The van der Waals surface area contributed by atoms with Crippen LogP contribution in [0.15, 0.2) is 0 Å². The van der Waals surface area contributed by atoms with Crippen LogP contribution in [0.1, 0.15) is 20.8 Å². The predicted molar refractivity (Wildman–Crippen MR) is 66.7 cm³/mol. The molecule has 0 aromatic carbocycles. The van der Waals surface area contributed by atoms with Crippen molar-refractivity contribution in [3.8, 4) is 0 Å². The van der Waals surface area contributed by atoms with Gasteiger partial charge in [-0.1, -0.05) is 0 Å². The third-order valence-corrected chi connectivity index (χ3v) is 3.79. The van der Waals surface area contributed by atoms with Crippen molar-refractivity contribution in [3.63, 3.8) is 0 Å². The number of nitrogens with zero attached hydrogens (tertiary/aromatic N) is 1. The van der Waals surface area contributed by atoms with E-state index in [4.69, 9.17) is 14.6 Å². The maximum atomic E-state index is 12.0. The molecule has 2 N–H and O–H groups in total. The molecule has 0 radical (unpaired) electrons. The molecule has 0 spiro atoms. The summed E-state index contributed by atoms with van der Waals surface area (Å²) in [7, 11) is -3.99. The molecular formula is C10H20N2O6S. The number of hydrogen-bond acceptors (Lipinski definition) is 6. The highest BCUT2D eigenvalue weighted by molar-refractivity contribution is 7.87. The van der Waals surface area contributed by atoms with E-state index in [2.05, 4.69) is 0 Å². The van der Waals surface area contributed by atoms with E-state index in [1.54, 1.807) is 20.8 Å². The molecule has 0 saturated carbocycles. The van der Waals surface area contributed by atoms with E-state index in [-0.39, 0.29) is 25.8 Å². The van der Waals surface area contributed by atoms with Gasteiger partial charge in [-0.2, -0.15) is 12.7 Å². The number of amides is 1. The van der Waals surface area contributed by atoms with Crippen molar-refractivity contribution in [2.75, 3.05) is 19.7 Å². The van der Waals surface area contributed by atoms with Crippen LogP contribution in [-0.2, 0) is 19.7 Å². The van der Waals surface area contributed by atoms with E-state index in [1.807, 2.05) is 4.72 Å². The van der Waals surface area contributed by atoms with E-state index in [0.29, 0.717) is 0 Å². The number of nitrogens with one attached hydrogen (secondary N) is 1. The van der Waals surface area contributed by atoms with Gasteiger partial charge in [0, 0.05) is 13.1 Å². The molecule has 1 saturated heterocycles. The van der Waals surface area contributed by atoms with Gasteiger partial charge in [-0.3, -0.25) is 0 Å². The zero-order valence-corrected chi connectivity index (χ0v) is 12.0. The summed E-state index contributed by atoms with van der Waals surface area (Å²) in [5.41, 5.74) is 0. The van der Waals surface area contributed by atoms with Gasteiger partial charge in [-0.15, -0.1) is 0 Å². The van der Waals surface area contributed by atoms with Crippen molar-refractivity contribution >= 4 is 16.3 Å². The molecule has 112 valence electrons. The molecule has 19 heavy (non-hydrogen) atoms. The minimum Gasteiger partial charge on any atom is -0.446 e. The van der Waals surface area contributed by atoms with Crippen molar-refractivity contribution in [1.82, 2.24) is 9.03 Å². The molecule has 2 unspecified atom stereocenters. The third-order valence-electron chi connectivity index (χ3n) is 2.39. The molecule has 0 aromatic rings. The Morgan fingerprint density at radius 1 is 1.53 bits per heavy atom. The zero-order chi connectivity index (χ0) is 14.6. The summed E-state index contributed by atoms with van der Waals surface area (Å²) in [6, 6.07) is 0. The summed E-state index contributed by atoms with van der Waals surface area (Å²) in [4.78, 5) is 11.3. The predicted octanol–water partition coefficient (Wildman–Crippen LogP) is -0.553. The number of aliphatic hydroxyl groups excluding tert-OH is 1. The van der Waals surface area contributed by atoms with Gasteiger partial charge in [0.15, 0.2) is 0 Å². The highest BCUT2D eigenvalue weighted by Gasteiger charge is 2.33. The summed E-state index contributed by atoms with van der Waals surface area (Å²) < 4.78 is 36.9. The summed E-state index contributed by atoms with van der Waals surface area (Å²) in [6.07, 6.45) is -2.39. The normalized spacial score (nSPS) is 25.3. The quantitative estimate of drug-likeness (QED) is 0.721. The van der Waals surface area contributed by atoms with Crippen molar-refractivity contribution in [3.05, 3.63) is 0 Å². The Kier molecular flexibility index (Phi) is 5.53. The minimum absolute atomic E-state index is 0.00880. The molecule has 0 bridgehead atoms. The number of rotatable bonds is 4. The Hall–Kier alpha value is -0.900. The monoisotopic (exact) mass is 296 g/mol. The van der Waals surface area contributed by atoms with Gasteiger partial charge < -0.3 is 14.6 Å². The first-order valence-corrected chi connectivity index (χ1v) is 7.43. The number of ether oxygens (including phenoxy) is 2. The molecule has 0 aromatic heterocycles. The Balaban J connectivity index is 2.68. The van der Waals surface area contributed by atoms with Crippen molar-refractivity contribution in [2.45, 2.75) is 39.1 Å². The lowest BCUT2D eigenvalue weighted by Gasteiger charge is -2.34. The van der Waals surface area contributed by atoms with Crippen LogP contribution in [0.25, 0.3) is 0 Å². The zero-order valence-electron chi connectivity index (χ0n) is 11.2. The molecular weight excluding hydrogens is 276 g/mol. The fourth-order valence-electron chi connectivity index (χ4n) is 1.71. The summed E-state index contributed by atoms with van der Waals surface area (Å²) in [6.45, 7) is 4.74. The lowest BCUT2D eigenvalue weighted by Crippen LogP contribution is -2.54. The molecule has 8 nitrogen and oxygen atoms in total. The second kappa shape index (κ2) is 6.51. The van der Waals surface area contributed by atoms with Crippen LogP contribution in [0.2, 0.25) is 0 Å². The summed E-state index contributed by atoms with van der Waals surface area (Å²) in [5, 5.41) is 9.03. The summed E-state index contributed by atoms with van der Waals surface area (Å²) in [5.74, 6) is 0. The number of carbonyl (C=O) groups excluding carboxylic acids is 1. The Bertz CT molecular complexity index is 410. The second-order valence-corrected chi connectivity index (χ2v) is 6.30. The lowest BCUT2D eigenvalue weighted by molar-refractivity contribution is -0.0752. The fraction of sp³-hybridized carbons (Fsp3) is 0.900. The number of hydrogen-bond donors (Lipinski definition) is 2. The summed E-state index contributed by atoms with van der Waals surface area (Å²) >= 11 is 0. The molecule has 1 aliphatic heterocycles. The standard InChI is InChI=1S/C10H20N2O6S/c1-7(2)17-10(14)11-19(15,16)12-4-8(3)18-9(5-12)6-13/h7-9,13H,4-6H2,1-3H3,(H,11,14). The molecule has 2 atom stereocenters. The highest BCUT2D eigenvalue weighted by atomic mass is 32.2. The van der Waals surface area contributed by atoms with Crippen molar-refractivity contribution < 1.29 is 27.8 Å². The van der Waals surface area contributed by atoms with E-state index >= 15 is 0 Å². The Morgan fingerprint density at radius 2 is 2.16 bits per heavy atom. The Labute approximate surface area is 112 Å². The second-order valence-electron chi connectivity index (χ2n) is 4.63. The molecule has 1 fully saturated rings. The third kappa shape index (κ3) is 4.94. The lowest BCUT2D eigenvalue weighted by atomic mass is 10.2. The first-order chi connectivity index (χ1) is 8.74. The van der Waals surface area contributed by atoms with E-state index in [0.717, 1.165) is 4.31 Å². The first kappa shape index (κ1) is 16.2. The molecule has 9 heteroatoms. The molecule has 1 heterocycles. The van der Waals surface area contributed by atoms with Gasteiger partial charge >= 0.3 is 16.3 Å². The van der Waals surface area contributed by atoms with Crippen LogP contribution in [0, 0.1) is 0 Å². The van der Waals surface area contributed by atoms with Gasteiger partial charge in [0.25, 0.3) is 0 Å². The first-order valence-electron chi connectivity index (χ1n) is 5.99. The molecule has 1 rings (SSSR count). The fourth-order valence-corrected chi connectivity index (χ4v) is 2.86. The van der Waals surface area contributed by atoms with Crippen LogP contribution in [-0.4, -0.2) is 61.9 Å². The van der Waals surface area contributed by atoms with Crippen molar-refractivity contribution in [2.24, 2.45) is 0 Å². The maximum absolute atomic E-state index is 12.0. The van der Waals surface area contributed by atoms with Crippen LogP contribution in [0.4, 0.5) is 4.79 Å². The van der Waals surface area contributed by atoms with Gasteiger partial charge in [0.1, 0.15) is 0 Å². The van der Waals surface area contributed by atoms with Gasteiger partial charge in [0.2, 0.25) is 0 Å². The van der Waals surface area contributed by atoms with E-state index in [1.165, 1.54) is 0 Å². The topological polar surface area (TPSA) is 105 Å². The van der Waals surface area contributed by atoms with Gasteiger partial charge in [-0.05, 0) is 20.8 Å². The van der Waals surface area contributed by atoms with E-state index in [9.17, 15) is 13.2 Å². The van der Waals surface area contributed by atoms with Crippen LogP contribution >= 0.6 is 0 Å². The molecule has 0 aliphatic carbocycles. The van der Waals surface area contributed by atoms with Crippen LogP contribution < -0.4 is 4.72 Å². The molecule has 1 aliphatic rings. The Morgan fingerprint density at radius 3 is 2.68 bits per heavy atom. The van der Waals surface area contributed by atoms with Gasteiger partial charge in [0.05, 0.1) is 24.9 Å². The highest BCUT2D eigenvalue weighted by Crippen LogP contribution is 2.13. The van der Waals surface area contributed by atoms with Crippen molar-refractivity contribution in [1.29, 1.82) is 0 Å². The number of aliphatic hydroxyl groups is 1. The smallest absolute Gasteiger partial charge is 0.422 e. The minimum atomic E-state index is -3.99. The van der Waals surface area contributed by atoms with Gasteiger partial charge in [-0.25, -0.2) is 9.52 Å². The number of carbonyl (C=O) groups is 1. The average Bonchev–Trinajstić information content (AvgIpc) is 2.26. The van der Waals surface area contributed by atoms with Crippen LogP contribution in [0.5, 0.6) is 0 Å². The SMILES string of the molecule is CC(C)OC(=O)NS(=O)(=O)N1CC(C)OC(CO)C1. The largest absolute Gasteiger partial charge is 0.446 e. The molecule has 1 amide bonds.